The molecule has 146 valence electrons. The summed E-state index contributed by atoms with van der Waals surface area (Å²) >= 11 is 5.74. The van der Waals surface area contributed by atoms with Gasteiger partial charge in [-0.1, -0.05) is 11.6 Å². The van der Waals surface area contributed by atoms with Crippen LogP contribution in [-0.4, -0.2) is 53.6 Å². The lowest BCUT2D eigenvalue weighted by Gasteiger charge is -2.34. The van der Waals surface area contributed by atoms with Crippen molar-refractivity contribution in [1.29, 1.82) is 0 Å². The molecule has 1 aromatic heterocycles. The van der Waals surface area contributed by atoms with Gasteiger partial charge < -0.3 is 10.2 Å². The molecule has 0 saturated heterocycles. The van der Waals surface area contributed by atoms with E-state index in [0.717, 1.165) is 10.4 Å². The van der Waals surface area contributed by atoms with E-state index in [4.69, 9.17) is 11.6 Å². The molecule has 2 aromatic rings. The highest BCUT2D eigenvalue weighted by atomic mass is 35.5. The first-order valence-electron chi connectivity index (χ1n) is 8.11. The number of carbonyl (C=O) groups is 1. The van der Waals surface area contributed by atoms with Crippen molar-refractivity contribution < 1.29 is 17.6 Å². The van der Waals surface area contributed by atoms with Crippen molar-refractivity contribution in [3.05, 3.63) is 40.9 Å². The summed E-state index contributed by atoms with van der Waals surface area (Å²) in [5.74, 6) is -0.580. The predicted octanol–water partition coefficient (Wildman–Crippen LogP) is 2.36. The fourth-order valence-electron chi connectivity index (χ4n) is 2.83. The highest BCUT2D eigenvalue weighted by Gasteiger charge is 2.33. The Balaban J connectivity index is 1.86. The number of hydrogen-bond donors (Lipinski definition) is 1. The third kappa shape index (κ3) is 3.64. The molecule has 1 N–H and O–H groups in total. The molecule has 0 fully saturated rings. The Kier molecular flexibility index (Phi) is 5.15. The Hall–Kier alpha value is -2.17. The lowest BCUT2D eigenvalue weighted by atomic mass is 10.2. The number of nitrogens with one attached hydrogen (secondary N) is 1. The fraction of sp³-hybridized carbons (Fsp3) is 0.375. The van der Waals surface area contributed by atoms with Crippen LogP contribution in [0.1, 0.15) is 12.6 Å². The molecule has 0 aliphatic carbocycles. The number of sulfonamides is 1. The Morgan fingerprint density at radius 1 is 1.41 bits per heavy atom. The minimum Gasteiger partial charge on any atom is -0.314 e. The minimum absolute atomic E-state index is 0.0713. The highest BCUT2D eigenvalue weighted by Crippen LogP contribution is 2.26. The van der Waals surface area contributed by atoms with E-state index in [0.29, 0.717) is 17.9 Å². The molecule has 1 aliphatic heterocycles. The largest absolute Gasteiger partial charge is 0.322 e. The molecule has 0 saturated carbocycles. The van der Waals surface area contributed by atoms with Gasteiger partial charge in [0.05, 0.1) is 36.0 Å². The second kappa shape index (κ2) is 7.10. The summed E-state index contributed by atoms with van der Waals surface area (Å²) in [6.07, 6.45) is 1.30. The zero-order chi connectivity index (χ0) is 19.9. The van der Waals surface area contributed by atoms with E-state index >= 15 is 0 Å². The zero-order valence-electron chi connectivity index (χ0n) is 15.0. The van der Waals surface area contributed by atoms with Gasteiger partial charge in [0.2, 0.25) is 10.0 Å². The maximum absolute atomic E-state index is 13.3. The van der Waals surface area contributed by atoms with Gasteiger partial charge in [0.1, 0.15) is 10.7 Å². The number of halogens is 2. The van der Waals surface area contributed by atoms with Gasteiger partial charge in [-0.15, -0.1) is 0 Å². The maximum atomic E-state index is 13.3. The summed E-state index contributed by atoms with van der Waals surface area (Å²) in [5.41, 5.74) is 0.785. The summed E-state index contributed by atoms with van der Waals surface area (Å²) in [4.78, 5) is 14.3. The number of urea groups is 1. The number of benzene rings is 1. The van der Waals surface area contributed by atoms with Gasteiger partial charge in [-0.2, -0.15) is 5.10 Å². The summed E-state index contributed by atoms with van der Waals surface area (Å²) < 4.78 is 41.0. The van der Waals surface area contributed by atoms with Crippen LogP contribution in [0.5, 0.6) is 0 Å². The molecule has 1 aliphatic rings. The maximum Gasteiger partial charge on any atom is 0.322 e. The molecule has 2 heterocycles. The SMILES string of the molecule is C[C@H]1Cn2ncc(S(=O)(=O)N(C)C)c2CN1C(=O)Nc1ccc(F)c(Cl)c1. The summed E-state index contributed by atoms with van der Waals surface area (Å²) in [6.45, 7) is 2.27. The Morgan fingerprint density at radius 2 is 2.11 bits per heavy atom. The molecule has 11 heteroatoms. The van der Waals surface area contributed by atoms with Crippen LogP contribution in [0, 0.1) is 5.82 Å². The standard InChI is InChI=1S/C16H19ClFN5O3S/c1-10-8-23-14(15(7-19-23)27(25,26)21(2)3)9-22(10)16(24)20-11-4-5-13(18)12(17)6-11/h4-7,10H,8-9H2,1-3H3,(H,20,24)/t10-/m0/s1. The van der Waals surface area contributed by atoms with Crippen LogP contribution in [0.4, 0.5) is 14.9 Å². The molecule has 1 aromatic carbocycles. The lowest BCUT2D eigenvalue weighted by Crippen LogP contribution is -2.47. The van der Waals surface area contributed by atoms with E-state index in [9.17, 15) is 17.6 Å². The van der Waals surface area contributed by atoms with E-state index < -0.39 is 21.9 Å². The highest BCUT2D eigenvalue weighted by molar-refractivity contribution is 7.89. The Bertz CT molecular complexity index is 992. The van der Waals surface area contributed by atoms with Gasteiger partial charge in [0, 0.05) is 19.8 Å². The molecule has 8 nitrogen and oxygen atoms in total. The van der Waals surface area contributed by atoms with Gasteiger partial charge in [-0.05, 0) is 25.1 Å². The van der Waals surface area contributed by atoms with Crippen molar-refractivity contribution >= 4 is 33.3 Å². The van der Waals surface area contributed by atoms with Crippen molar-refractivity contribution in [1.82, 2.24) is 19.0 Å². The van der Waals surface area contributed by atoms with Crippen LogP contribution >= 0.6 is 11.6 Å². The van der Waals surface area contributed by atoms with Crippen LogP contribution in [0.3, 0.4) is 0 Å². The minimum atomic E-state index is -3.68. The number of fused-ring (bicyclic) bond motifs is 1. The first-order chi connectivity index (χ1) is 12.6. The summed E-state index contributed by atoms with van der Waals surface area (Å²) in [5, 5.41) is 6.71. The van der Waals surface area contributed by atoms with Crippen molar-refractivity contribution in [3.63, 3.8) is 0 Å². The average Bonchev–Trinajstić information content (AvgIpc) is 3.00. The summed E-state index contributed by atoms with van der Waals surface area (Å²) in [7, 11) is -0.802. The number of anilines is 1. The smallest absolute Gasteiger partial charge is 0.314 e. The number of carbonyl (C=O) groups excluding carboxylic acids is 1. The van der Waals surface area contributed by atoms with Gasteiger partial charge in [-0.3, -0.25) is 4.68 Å². The van der Waals surface area contributed by atoms with Gasteiger partial charge in [-0.25, -0.2) is 21.9 Å². The van der Waals surface area contributed by atoms with Crippen LogP contribution in [0.25, 0.3) is 0 Å². The molecule has 0 radical (unpaired) electrons. The topological polar surface area (TPSA) is 87.5 Å². The number of aromatic nitrogens is 2. The average molecular weight is 416 g/mol. The van der Waals surface area contributed by atoms with Crippen molar-refractivity contribution in [2.24, 2.45) is 0 Å². The molecule has 0 unspecified atom stereocenters. The molecular weight excluding hydrogens is 397 g/mol. The van der Waals surface area contributed by atoms with Gasteiger partial charge >= 0.3 is 6.03 Å². The summed E-state index contributed by atoms with van der Waals surface area (Å²) in [6, 6.07) is 3.22. The number of nitrogens with zero attached hydrogens (tertiary/aromatic N) is 4. The third-order valence-corrected chi connectivity index (χ3v) is 6.54. The molecule has 27 heavy (non-hydrogen) atoms. The van der Waals surface area contributed by atoms with Crippen LogP contribution < -0.4 is 5.32 Å². The van der Waals surface area contributed by atoms with Gasteiger partial charge in [0.25, 0.3) is 0 Å². The quantitative estimate of drug-likeness (QED) is 0.833. The van der Waals surface area contributed by atoms with Crippen molar-refractivity contribution in [3.8, 4) is 0 Å². The second-order valence-electron chi connectivity index (χ2n) is 6.46. The number of hydrogen-bond acceptors (Lipinski definition) is 4. The first kappa shape index (κ1) is 19.6. The number of amides is 2. The molecule has 1 atom stereocenters. The molecule has 3 rings (SSSR count). The van der Waals surface area contributed by atoms with Crippen molar-refractivity contribution in [2.45, 2.75) is 31.0 Å². The second-order valence-corrected chi connectivity index (χ2v) is 8.99. The number of rotatable bonds is 3. The van der Waals surface area contributed by atoms with Gasteiger partial charge in [0.15, 0.2) is 0 Å². The van der Waals surface area contributed by atoms with Crippen molar-refractivity contribution in [2.75, 3.05) is 19.4 Å². The molecule has 0 bridgehead atoms. The molecule has 0 spiro atoms. The van der Waals surface area contributed by atoms with Crippen LogP contribution in [-0.2, 0) is 23.1 Å². The van der Waals surface area contributed by atoms with E-state index in [-0.39, 0.29) is 22.5 Å². The lowest BCUT2D eigenvalue weighted by molar-refractivity contribution is 0.160. The normalized spacial score (nSPS) is 17.1. The molecular formula is C16H19ClFN5O3S. The van der Waals surface area contributed by atoms with E-state index in [2.05, 4.69) is 10.4 Å². The van der Waals surface area contributed by atoms with E-state index in [1.165, 1.54) is 37.3 Å². The fourth-order valence-corrected chi connectivity index (χ4v) is 4.05. The third-order valence-electron chi connectivity index (χ3n) is 4.39. The van der Waals surface area contributed by atoms with E-state index in [1.54, 1.807) is 4.68 Å². The first-order valence-corrected chi connectivity index (χ1v) is 9.93. The van der Waals surface area contributed by atoms with E-state index in [1.807, 2.05) is 6.92 Å². The van der Waals surface area contributed by atoms with Crippen LogP contribution in [0.15, 0.2) is 29.3 Å². The van der Waals surface area contributed by atoms with Crippen LogP contribution in [0.2, 0.25) is 5.02 Å². The monoisotopic (exact) mass is 415 g/mol. The zero-order valence-corrected chi connectivity index (χ0v) is 16.6. The Morgan fingerprint density at radius 3 is 2.74 bits per heavy atom. The molecule has 2 amide bonds. The predicted molar refractivity (Wildman–Crippen MR) is 98.5 cm³/mol. The Labute approximate surface area is 161 Å².